The van der Waals surface area contributed by atoms with Crippen LogP contribution in [0.5, 0.6) is 0 Å². The summed E-state index contributed by atoms with van der Waals surface area (Å²) in [5.41, 5.74) is 1.73. The third-order valence-corrected chi connectivity index (χ3v) is 2.37. The minimum absolute atomic E-state index is 0.354. The molecule has 2 N–H and O–H groups in total. The average Bonchev–Trinajstić information content (AvgIpc) is 2.28. The van der Waals surface area contributed by atoms with Crippen molar-refractivity contribution in [1.29, 1.82) is 0 Å². The van der Waals surface area contributed by atoms with Crippen LogP contribution in [0.25, 0.3) is 5.57 Å². The van der Waals surface area contributed by atoms with Crippen molar-refractivity contribution in [2.24, 2.45) is 0 Å². The molecule has 4 heteroatoms. The van der Waals surface area contributed by atoms with E-state index in [1.54, 1.807) is 0 Å². The molecule has 0 saturated heterocycles. The van der Waals surface area contributed by atoms with E-state index >= 15 is 0 Å². The Morgan fingerprint density at radius 2 is 2.00 bits per heavy atom. The van der Waals surface area contributed by atoms with Crippen LogP contribution in [0.3, 0.4) is 0 Å². The lowest BCUT2D eigenvalue weighted by atomic mass is 9.98. The predicted molar refractivity (Wildman–Crippen MR) is 65.4 cm³/mol. The molecule has 3 nitrogen and oxygen atoms in total. The highest BCUT2D eigenvalue weighted by atomic mass is 16.6. The van der Waals surface area contributed by atoms with Crippen molar-refractivity contribution in [3.8, 4) is 0 Å². The number of rotatable bonds is 6. The van der Waals surface area contributed by atoms with Gasteiger partial charge in [-0.15, -0.1) is 0 Å². The van der Waals surface area contributed by atoms with Crippen molar-refractivity contribution in [3.05, 3.63) is 42.5 Å². The molecule has 0 amide bonds. The van der Waals surface area contributed by atoms with Gasteiger partial charge < -0.3 is 14.7 Å². The normalized spacial score (nSPS) is 12.2. The Kier molecular flexibility index (Phi) is 5.25. The molecule has 0 aliphatic carbocycles. The second kappa shape index (κ2) is 6.48. The van der Waals surface area contributed by atoms with Gasteiger partial charge in [0, 0.05) is 0 Å². The molecule has 0 fully saturated rings. The van der Waals surface area contributed by atoms with Gasteiger partial charge in [0.15, 0.2) is 0 Å². The lowest BCUT2D eigenvalue weighted by Crippen LogP contribution is -2.26. The Hall–Kier alpha value is -1.10. The van der Waals surface area contributed by atoms with Crippen LogP contribution in [0.1, 0.15) is 25.3 Å². The van der Waals surface area contributed by atoms with Crippen molar-refractivity contribution in [2.45, 2.75) is 25.9 Å². The van der Waals surface area contributed by atoms with Crippen molar-refractivity contribution in [1.82, 2.24) is 0 Å². The molecule has 0 spiro atoms. The molecule has 1 unspecified atom stereocenters. The molecule has 86 valence electrons. The summed E-state index contributed by atoms with van der Waals surface area (Å²) in [5, 5.41) is 17.7. The number of benzene rings is 1. The molecule has 1 aromatic rings. The minimum atomic E-state index is -1.75. The SMILES string of the molecule is C=C(c1ccccc1)C(CCC)OB(O)O. The van der Waals surface area contributed by atoms with Crippen molar-refractivity contribution in [3.63, 3.8) is 0 Å². The third kappa shape index (κ3) is 3.81. The summed E-state index contributed by atoms with van der Waals surface area (Å²) in [4.78, 5) is 0. The first kappa shape index (κ1) is 13.0. The van der Waals surface area contributed by atoms with E-state index in [0.29, 0.717) is 6.42 Å². The van der Waals surface area contributed by atoms with Gasteiger partial charge in [-0.05, 0) is 17.6 Å². The standard InChI is InChI=1S/C12H17BO3/c1-3-7-12(16-13(14)15)10(2)11-8-5-4-6-9-11/h4-6,8-9,12,14-15H,2-3,7H2,1H3. The van der Waals surface area contributed by atoms with Crippen molar-refractivity contribution >= 4 is 12.9 Å². The van der Waals surface area contributed by atoms with E-state index in [2.05, 4.69) is 6.58 Å². The summed E-state index contributed by atoms with van der Waals surface area (Å²) in [5.74, 6) is 0. The van der Waals surface area contributed by atoms with Crippen LogP contribution < -0.4 is 0 Å². The maximum Gasteiger partial charge on any atom is 0.634 e. The van der Waals surface area contributed by atoms with Crippen LogP contribution in [0.4, 0.5) is 0 Å². The molecular weight excluding hydrogens is 203 g/mol. The van der Waals surface area contributed by atoms with Crippen molar-refractivity contribution < 1.29 is 14.7 Å². The minimum Gasteiger partial charge on any atom is -0.402 e. The summed E-state index contributed by atoms with van der Waals surface area (Å²) in [6.45, 7) is 5.96. The average molecular weight is 220 g/mol. The largest absolute Gasteiger partial charge is 0.634 e. The van der Waals surface area contributed by atoms with Crippen LogP contribution in [-0.4, -0.2) is 23.5 Å². The molecule has 1 rings (SSSR count). The Labute approximate surface area is 96.6 Å². The molecule has 0 radical (unpaired) electrons. The lowest BCUT2D eigenvalue weighted by Gasteiger charge is -2.19. The fourth-order valence-corrected chi connectivity index (χ4v) is 1.57. The zero-order chi connectivity index (χ0) is 12.0. The van der Waals surface area contributed by atoms with Gasteiger partial charge >= 0.3 is 7.32 Å². The Balaban J connectivity index is 2.74. The van der Waals surface area contributed by atoms with E-state index in [1.165, 1.54) is 0 Å². The Morgan fingerprint density at radius 1 is 1.38 bits per heavy atom. The van der Waals surface area contributed by atoms with Crippen LogP contribution >= 0.6 is 0 Å². The van der Waals surface area contributed by atoms with E-state index < -0.39 is 7.32 Å². The summed E-state index contributed by atoms with van der Waals surface area (Å²) < 4.78 is 5.02. The molecule has 0 bridgehead atoms. The van der Waals surface area contributed by atoms with Gasteiger partial charge in [-0.2, -0.15) is 0 Å². The van der Waals surface area contributed by atoms with Gasteiger partial charge in [0.2, 0.25) is 0 Å². The molecular formula is C12H17BO3. The Morgan fingerprint density at radius 3 is 2.50 bits per heavy atom. The highest BCUT2D eigenvalue weighted by molar-refractivity contribution is 6.32. The summed E-state index contributed by atoms with van der Waals surface area (Å²) >= 11 is 0. The molecule has 16 heavy (non-hydrogen) atoms. The molecule has 0 aliphatic rings. The summed E-state index contributed by atoms with van der Waals surface area (Å²) in [6, 6.07) is 9.61. The molecule has 1 atom stereocenters. The van der Waals surface area contributed by atoms with Gasteiger partial charge in [0.05, 0.1) is 6.10 Å². The van der Waals surface area contributed by atoms with Crippen LogP contribution in [0, 0.1) is 0 Å². The van der Waals surface area contributed by atoms with Crippen molar-refractivity contribution in [2.75, 3.05) is 0 Å². The summed E-state index contributed by atoms with van der Waals surface area (Å²) in [6.07, 6.45) is 1.25. The van der Waals surface area contributed by atoms with Gasteiger partial charge in [0.1, 0.15) is 0 Å². The first-order valence-electron chi connectivity index (χ1n) is 5.41. The lowest BCUT2D eigenvalue weighted by molar-refractivity contribution is 0.146. The first-order valence-corrected chi connectivity index (χ1v) is 5.41. The smallest absolute Gasteiger partial charge is 0.402 e. The highest BCUT2D eigenvalue weighted by Crippen LogP contribution is 2.22. The van der Waals surface area contributed by atoms with E-state index in [0.717, 1.165) is 17.6 Å². The van der Waals surface area contributed by atoms with Crippen LogP contribution in [0.2, 0.25) is 0 Å². The summed E-state index contributed by atoms with van der Waals surface area (Å²) in [7, 11) is -1.75. The predicted octanol–water partition coefficient (Wildman–Crippen LogP) is 1.85. The van der Waals surface area contributed by atoms with Gasteiger partial charge in [-0.1, -0.05) is 50.3 Å². The topological polar surface area (TPSA) is 49.7 Å². The third-order valence-electron chi connectivity index (χ3n) is 2.37. The van der Waals surface area contributed by atoms with E-state index in [-0.39, 0.29) is 6.10 Å². The Bertz CT molecular complexity index is 324. The monoisotopic (exact) mass is 220 g/mol. The number of hydrogen-bond donors (Lipinski definition) is 2. The van der Waals surface area contributed by atoms with Gasteiger partial charge in [-0.25, -0.2) is 0 Å². The fraction of sp³-hybridized carbons (Fsp3) is 0.333. The molecule has 0 heterocycles. The van der Waals surface area contributed by atoms with E-state index in [1.807, 2.05) is 37.3 Å². The van der Waals surface area contributed by atoms with Gasteiger partial charge in [0.25, 0.3) is 0 Å². The molecule has 1 aromatic carbocycles. The van der Waals surface area contributed by atoms with E-state index in [4.69, 9.17) is 14.7 Å². The maximum atomic E-state index is 8.84. The fourth-order valence-electron chi connectivity index (χ4n) is 1.57. The van der Waals surface area contributed by atoms with E-state index in [9.17, 15) is 0 Å². The second-order valence-corrected chi connectivity index (χ2v) is 3.63. The zero-order valence-corrected chi connectivity index (χ0v) is 9.47. The molecule has 0 aromatic heterocycles. The quantitative estimate of drug-likeness (QED) is 0.719. The van der Waals surface area contributed by atoms with Crippen LogP contribution in [0.15, 0.2) is 36.9 Å². The zero-order valence-electron chi connectivity index (χ0n) is 9.47. The van der Waals surface area contributed by atoms with Crippen LogP contribution in [-0.2, 0) is 4.65 Å². The molecule has 0 aliphatic heterocycles. The highest BCUT2D eigenvalue weighted by Gasteiger charge is 2.20. The second-order valence-electron chi connectivity index (χ2n) is 3.63. The first-order chi connectivity index (χ1) is 7.65. The number of hydrogen-bond acceptors (Lipinski definition) is 3. The van der Waals surface area contributed by atoms with Gasteiger partial charge in [-0.3, -0.25) is 0 Å². The molecule has 0 saturated carbocycles. The maximum absolute atomic E-state index is 8.84.